The van der Waals surface area contributed by atoms with Crippen molar-refractivity contribution in [3.63, 3.8) is 0 Å². The summed E-state index contributed by atoms with van der Waals surface area (Å²) in [4.78, 5) is 13.0. The van der Waals surface area contributed by atoms with Gasteiger partial charge in [0.05, 0.1) is 25.4 Å². The second kappa shape index (κ2) is 39.3. The first kappa shape index (κ1) is 54.2. The first-order valence-corrected chi connectivity index (χ1v) is 23.9. The largest absolute Gasteiger partial charge is 0.394 e. The molecular weight excluding hydrogens is 731 g/mol. The highest BCUT2D eigenvalue weighted by Crippen LogP contribution is 2.22. The highest BCUT2D eigenvalue weighted by molar-refractivity contribution is 5.76. The number of carbonyl (C=O) groups excluding carboxylic acids is 1. The summed E-state index contributed by atoms with van der Waals surface area (Å²) < 4.78 is 11.2. The number of amides is 1. The fraction of sp³-hybridized carbons (Fsp3) is 0.816. The van der Waals surface area contributed by atoms with Crippen molar-refractivity contribution in [1.29, 1.82) is 0 Å². The molecule has 0 aromatic rings. The highest BCUT2D eigenvalue weighted by atomic mass is 16.7. The van der Waals surface area contributed by atoms with Crippen LogP contribution in [0.15, 0.2) is 48.6 Å². The number of hydrogen-bond acceptors (Lipinski definition) is 8. The number of ether oxygens (including phenoxy) is 2. The van der Waals surface area contributed by atoms with Crippen LogP contribution in [-0.4, -0.2) is 87.5 Å². The number of rotatable bonds is 39. The van der Waals surface area contributed by atoms with Gasteiger partial charge in [-0.25, -0.2) is 0 Å². The van der Waals surface area contributed by atoms with Crippen molar-refractivity contribution < 1.29 is 39.8 Å². The molecule has 9 nitrogen and oxygen atoms in total. The predicted molar refractivity (Wildman–Crippen MR) is 239 cm³/mol. The molecule has 0 saturated carbocycles. The summed E-state index contributed by atoms with van der Waals surface area (Å²) in [6.45, 7) is 3.74. The lowest BCUT2D eigenvalue weighted by Crippen LogP contribution is -2.60. The molecule has 0 spiro atoms. The van der Waals surface area contributed by atoms with Gasteiger partial charge in [-0.2, -0.15) is 0 Å². The smallest absolute Gasteiger partial charge is 0.220 e. The molecule has 6 N–H and O–H groups in total. The average Bonchev–Trinajstić information content (AvgIpc) is 3.22. The zero-order valence-electron chi connectivity index (χ0n) is 37.0. The van der Waals surface area contributed by atoms with Gasteiger partial charge < -0.3 is 40.3 Å². The van der Waals surface area contributed by atoms with Gasteiger partial charge in [-0.05, 0) is 70.6 Å². The number of allylic oxidation sites excluding steroid dienone is 7. The van der Waals surface area contributed by atoms with E-state index in [1.54, 1.807) is 6.08 Å². The van der Waals surface area contributed by atoms with Gasteiger partial charge in [0.25, 0.3) is 0 Å². The van der Waals surface area contributed by atoms with Crippen LogP contribution in [0.4, 0.5) is 0 Å². The molecule has 1 aliphatic rings. The van der Waals surface area contributed by atoms with Gasteiger partial charge >= 0.3 is 0 Å². The topological polar surface area (TPSA) is 149 Å². The van der Waals surface area contributed by atoms with Gasteiger partial charge in [0, 0.05) is 6.42 Å². The van der Waals surface area contributed by atoms with Crippen molar-refractivity contribution in [2.75, 3.05) is 13.2 Å². The van der Waals surface area contributed by atoms with Crippen molar-refractivity contribution in [2.45, 2.75) is 243 Å². The van der Waals surface area contributed by atoms with Crippen molar-refractivity contribution in [3.05, 3.63) is 48.6 Å². The minimum absolute atomic E-state index is 0.200. The molecule has 9 heteroatoms. The number of hydrogen-bond donors (Lipinski definition) is 6. The van der Waals surface area contributed by atoms with E-state index in [-0.39, 0.29) is 12.5 Å². The Labute approximate surface area is 354 Å². The molecule has 338 valence electrons. The van der Waals surface area contributed by atoms with Crippen molar-refractivity contribution in [2.24, 2.45) is 0 Å². The lowest BCUT2D eigenvalue weighted by Gasteiger charge is -2.40. The third kappa shape index (κ3) is 29.4. The van der Waals surface area contributed by atoms with Gasteiger partial charge in [-0.1, -0.05) is 172 Å². The molecule has 1 aliphatic heterocycles. The monoisotopic (exact) mass is 820 g/mol. The van der Waals surface area contributed by atoms with Crippen LogP contribution in [0.5, 0.6) is 0 Å². The van der Waals surface area contributed by atoms with Gasteiger partial charge in [0.1, 0.15) is 24.4 Å². The number of aliphatic hydroxyl groups is 5. The Bertz CT molecular complexity index is 1050. The molecule has 1 heterocycles. The Morgan fingerprint density at radius 1 is 0.569 bits per heavy atom. The molecule has 7 atom stereocenters. The lowest BCUT2D eigenvalue weighted by atomic mass is 9.99. The van der Waals surface area contributed by atoms with Gasteiger partial charge in [0.15, 0.2) is 6.29 Å². The van der Waals surface area contributed by atoms with Gasteiger partial charge in [0.2, 0.25) is 5.91 Å². The van der Waals surface area contributed by atoms with E-state index in [9.17, 15) is 30.3 Å². The number of unbranched alkanes of at least 4 members (excludes halogenated alkanes) is 23. The van der Waals surface area contributed by atoms with E-state index >= 15 is 0 Å². The first-order chi connectivity index (χ1) is 28.3. The van der Waals surface area contributed by atoms with E-state index in [1.807, 2.05) is 6.08 Å². The maximum atomic E-state index is 13.0. The number of carbonyl (C=O) groups is 1. The number of aliphatic hydroxyl groups excluding tert-OH is 5. The predicted octanol–water partition coefficient (Wildman–Crippen LogP) is 10.2. The quantitative estimate of drug-likeness (QED) is 0.0265. The molecule has 0 aromatic heterocycles. The normalized spacial score (nSPS) is 21.3. The first-order valence-electron chi connectivity index (χ1n) is 23.9. The van der Waals surface area contributed by atoms with E-state index < -0.39 is 49.5 Å². The van der Waals surface area contributed by atoms with Crippen molar-refractivity contribution >= 4 is 5.91 Å². The van der Waals surface area contributed by atoms with Gasteiger partial charge in [-0.15, -0.1) is 0 Å². The van der Waals surface area contributed by atoms with Crippen LogP contribution in [0, 0.1) is 0 Å². The Balaban J connectivity index is 2.39. The summed E-state index contributed by atoms with van der Waals surface area (Å²) in [6, 6.07) is -0.832. The number of nitrogens with one attached hydrogen (secondary N) is 1. The maximum absolute atomic E-state index is 13.0. The third-order valence-corrected chi connectivity index (χ3v) is 11.1. The van der Waals surface area contributed by atoms with Gasteiger partial charge in [-0.3, -0.25) is 4.79 Å². The van der Waals surface area contributed by atoms with Crippen LogP contribution in [0.3, 0.4) is 0 Å². The summed E-state index contributed by atoms with van der Waals surface area (Å²) in [5.41, 5.74) is 0. The maximum Gasteiger partial charge on any atom is 0.220 e. The molecule has 0 radical (unpaired) electrons. The summed E-state index contributed by atoms with van der Waals surface area (Å²) in [5, 5.41) is 54.2. The minimum atomic E-state index is -1.58. The average molecular weight is 820 g/mol. The van der Waals surface area contributed by atoms with Crippen LogP contribution in [0.1, 0.15) is 200 Å². The van der Waals surface area contributed by atoms with Crippen molar-refractivity contribution in [1.82, 2.24) is 5.32 Å². The molecule has 0 bridgehead atoms. The molecular formula is C49H89NO8. The Hall–Kier alpha value is -1.85. The summed E-state index contributed by atoms with van der Waals surface area (Å²) in [7, 11) is 0. The fourth-order valence-corrected chi connectivity index (χ4v) is 7.24. The fourth-order valence-electron chi connectivity index (χ4n) is 7.24. The van der Waals surface area contributed by atoms with E-state index in [2.05, 4.69) is 55.6 Å². The zero-order chi connectivity index (χ0) is 42.3. The molecule has 1 saturated heterocycles. The van der Waals surface area contributed by atoms with E-state index in [0.29, 0.717) is 6.42 Å². The van der Waals surface area contributed by atoms with E-state index in [4.69, 9.17) is 9.47 Å². The zero-order valence-corrected chi connectivity index (χ0v) is 37.0. The molecule has 0 aliphatic carbocycles. The molecule has 1 amide bonds. The minimum Gasteiger partial charge on any atom is -0.394 e. The summed E-state index contributed by atoms with van der Waals surface area (Å²) >= 11 is 0. The third-order valence-electron chi connectivity index (χ3n) is 11.1. The molecule has 58 heavy (non-hydrogen) atoms. The SMILES string of the molecule is CCCCCCCCC/C=C/CC/C=C/CC/C=C/C(O)C(COC1OC(CO)C(O)C(O)C1O)NC(=O)CCCCCCC/C=C\CCCCCCCCCCC. The van der Waals surface area contributed by atoms with Crippen LogP contribution in [-0.2, 0) is 14.3 Å². The second-order valence-electron chi connectivity index (χ2n) is 16.5. The molecule has 0 aromatic carbocycles. The van der Waals surface area contributed by atoms with Crippen LogP contribution in [0.25, 0.3) is 0 Å². The van der Waals surface area contributed by atoms with Crippen molar-refractivity contribution in [3.8, 4) is 0 Å². The standard InChI is InChI=1S/C49H89NO8/c1-3-5-7-9-11-13-15-17-19-21-23-25-27-29-31-33-35-37-39-45(53)50-42(41-57-49-48(56)47(55)46(54)44(40-51)58-49)43(52)38-36-34-32-30-28-26-24-22-20-18-16-14-12-10-8-6-4-2/h20,22-23,25,28,30,36,38,42-44,46-49,51-52,54-56H,3-19,21,24,26-27,29,31-35,37,39-41H2,1-2H3,(H,50,53)/b22-20+,25-23-,30-28+,38-36+. The summed E-state index contributed by atoms with van der Waals surface area (Å²) in [5.74, 6) is -0.200. The van der Waals surface area contributed by atoms with E-state index in [0.717, 1.165) is 70.6 Å². The highest BCUT2D eigenvalue weighted by Gasteiger charge is 2.44. The molecule has 7 unspecified atom stereocenters. The Morgan fingerprint density at radius 3 is 1.45 bits per heavy atom. The van der Waals surface area contributed by atoms with Crippen LogP contribution < -0.4 is 5.32 Å². The van der Waals surface area contributed by atoms with E-state index in [1.165, 1.54) is 109 Å². The van der Waals surface area contributed by atoms with Crippen LogP contribution >= 0.6 is 0 Å². The van der Waals surface area contributed by atoms with Crippen LogP contribution in [0.2, 0.25) is 0 Å². The lowest BCUT2D eigenvalue weighted by molar-refractivity contribution is -0.302. The molecule has 1 fully saturated rings. The Kier molecular flexibility index (Phi) is 36.7. The summed E-state index contributed by atoms with van der Waals surface area (Å²) in [6.07, 6.45) is 43.0. The Morgan fingerprint density at radius 2 is 0.983 bits per heavy atom. The molecule has 1 rings (SSSR count). The second-order valence-corrected chi connectivity index (χ2v) is 16.5.